The number of sulfone groups is 1. The number of nitrogens with one attached hydrogen (secondary N) is 1. The van der Waals surface area contributed by atoms with Gasteiger partial charge in [0.15, 0.2) is 0 Å². The molecule has 0 bridgehead atoms. The van der Waals surface area contributed by atoms with Gasteiger partial charge in [0.1, 0.15) is 9.84 Å². The van der Waals surface area contributed by atoms with Gasteiger partial charge >= 0.3 is 0 Å². The summed E-state index contributed by atoms with van der Waals surface area (Å²) in [6.07, 6.45) is 4.11. The Hall–Kier alpha value is -0.870. The molecule has 2 aliphatic rings. The summed E-state index contributed by atoms with van der Waals surface area (Å²) in [5.41, 5.74) is 2.81. The van der Waals surface area contributed by atoms with Crippen LogP contribution in [0.25, 0.3) is 0 Å². The molecule has 0 unspecified atom stereocenters. The van der Waals surface area contributed by atoms with E-state index in [1.165, 1.54) is 24.0 Å². The van der Waals surface area contributed by atoms with Gasteiger partial charge in [0.25, 0.3) is 0 Å². The van der Waals surface area contributed by atoms with Crippen LogP contribution in [0.5, 0.6) is 0 Å². The van der Waals surface area contributed by atoms with E-state index in [0.29, 0.717) is 29.4 Å². The van der Waals surface area contributed by atoms with Crippen molar-refractivity contribution in [2.24, 2.45) is 5.92 Å². The highest BCUT2D eigenvalue weighted by Gasteiger charge is 2.31. The van der Waals surface area contributed by atoms with Gasteiger partial charge in [-0.15, -0.1) is 0 Å². The van der Waals surface area contributed by atoms with Crippen molar-refractivity contribution < 1.29 is 8.42 Å². The van der Waals surface area contributed by atoms with Gasteiger partial charge < -0.3 is 5.32 Å². The van der Waals surface area contributed by atoms with E-state index in [1.807, 2.05) is 0 Å². The first-order valence-electron chi connectivity index (χ1n) is 8.02. The third kappa shape index (κ3) is 3.86. The average molecular weight is 307 g/mol. The van der Waals surface area contributed by atoms with E-state index >= 15 is 0 Å². The maximum absolute atomic E-state index is 11.4. The summed E-state index contributed by atoms with van der Waals surface area (Å²) in [4.78, 5) is 0. The van der Waals surface area contributed by atoms with Crippen LogP contribution in [0.4, 0.5) is 0 Å². The Morgan fingerprint density at radius 3 is 2.57 bits per heavy atom. The Bertz CT molecular complexity index is 577. The fourth-order valence-corrected chi connectivity index (χ4v) is 5.05. The van der Waals surface area contributed by atoms with Crippen LogP contribution in [0.3, 0.4) is 0 Å². The summed E-state index contributed by atoms with van der Waals surface area (Å²) in [6, 6.07) is 9.45. The molecule has 3 nitrogen and oxygen atoms in total. The normalized spacial score (nSPS) is 29.0. The highest BCUT2D eigenvalue weighted by molar-refractivity contribution is 7.91. The van der Waals surface area contributed by atoms with Crippen LogP contribution in [0.1, 0.15) is 42.7 Å². The first-order chi connectivity index (χ1) is 10.0. The number of hydrogen-bond donors (Lipinski definition) is 1. The number of hydrogen-bond acceptors (Lipinski definition) is 3. The molecule has 1 aliphatic carbocycles. The summed E-state index contributed by atoms with van der Waals surface area (Å²) < 4.78 is 22.8. The molecule has 2 fully saturated rings. The van der Waals surface area contributed by atoms with E-state index in [0.717, 1.165) is 19.4 Å². The minimum atomic E-state index is -2.72. The molecule has 1 aliphatic heterocycles. The Morgan fingerprint density at radius 1 is 1.19 bits per heavy atom. The Balaban J connectivity index is 1.40. The van der Waals surface area contributed by atoms with Gasteiger partial charge in [-0.3, -0.25) is 0 Å². The lowest BCUT2D eigenvalue weighted by Crippen LogP contribution is -2.43. The zero-order valence-electron chi connectivity index (χ0n) is 12.7. The molecule has 0 radical (unpaired) electrons. The first kappa shape index (κ1) is 15.0. The molecule has 0 spiro atoms. The maximum Gasteiger partial charge on any atom is 0.150 e. The Morgan fingerprint density at radius 2 is 1.90 bits per heavy atom. The molecule has 0 aromatic heterocycles. The highest BCUT2D eigenvalue weighted by atomic mass is 32.2. The molecule has 1 saturated carbocycles. The molecule has 116 valence electrons. The minimum absolute atomic E-state index is 0.385. The van der Waals surface area contributed by atoms with Crippen LogP contribution in [0, 0.1) is 12.8 Å². The summed E-state index contributed by atoms with van der Waals surface area (Å²) in [5, 5.41) is 3.64. The third-order valence-electron chi connectivity index (χ3n) is 5.02. The van der Waals surface area contributed by atoms with Crippen molar-refractivity contribution in [3.05, 3.63) is 35.4 Å². The molecule has 1 saturated heterocycles. The van der Waals surface area contributed by atoms with Crippen molar-refractivity contribution >= 4 is 9.84 Å². The van der Waals surface area contributed by atoms with Crippen molar-refractivity contribution in [1.29, 1.82) is 0 Å². The smallest absolute Gasteiger partial charge is 0.150 e. The van der Waals surface area contributed by atoms with E-state index < -0.39 is 9.84 Å². The molecule has 0 atom stereocenters. The standard InChI is InChI=1S/C17H25NO2S/c1-13-3-2-4-15(9-13)16-10-17(11-16)18-12-14-5-7-21(19,20)8-6-14/h2-4,9,14,16-18H,5-8,10-12H2,1H3. The van der Waals surface area contributed by atoms with Gasteiger partial charge in [0.05, 0.1) is 11.5 Å². The molecule has 1 aromatic carbocycles. The lowest BCUT2D eigenvalue weighted by Gasteiger charge is -2.37. The average Bonchev–Trinajstić information content (AvgIpc) is 2.39. The Kier molecular flexibility index (Phi) is 4.36. The van der Waals surface area contributed by atoms with Crippen molar-refractivity contribution in [2.75, 3.05) is 18.1 Å². The van der Waals surface area contributed by atoms with Crippen LogP contribution in [-0.2, 0) is 9.84 Å². The monoisotopic (exact) mass is 307 g/mol. The largest absolute Gasteiger partial charge is 0.314 e. The second-order valence-electron chi connectivity index (χ2n) is 6.78. The molecule has 4 heteroatoms. The molecule has 1 heterocycles. The van der Waals surface area contributed by atoms with Gasteiger partial charge in [-0.2, -0.15) is 0 Å². The molecule has 21 heavy (non-hydrogen) atoms. The van der Waals surface area contributed by atoms with Crippen molar-refractivity contribution in [2.45, 2.75) is 44.6 Å². The van der Waals surface area contributed by atoms with E-state index in [1.54, 1.807) is 0 Å². The SMILES string of the molecule is Cc1cccc(C2CC(NCC3CCS(=O)(=O)CC3)C2)c1. The first-order valence-corrected chi connectivity index (χ1v) is 9.84. The molecule has 0 amide bonds. The van der Waals surface area contributed by atoms with E-state index in [-0.39, 0.29) is 0 Å². The van der Waals surface area contributed by atoms with Gasteiger partial charge in [-0.1, -0.05) is 29.8 Å². The zero-order valence-corrected chi connectivity index (χ0v) is 13.5. The quantitative estimate of drug-likeness (QED) is 0.930. The molecular weight excluding hydrogens is 282 g/mol. The summed E-state index contributed by atoms with van der Waals surface area (Å²) in [5.74, 6) is 2.02. The second-order valence-corrected chi connectivity index (χ2v) is 9.09. The van der Waals surface area contributed by atoms with E-state index in [4.69, 9.17) is 0 Å². The predicted molar refractivity (Wildman–Crippen MR) is 86.3 cm³/mol. The fourth-order valence-electron chi connectivity index (χ4n) is 3.46. The van der Waals surface area contributed by atoms with Gasteiger partial charge in [0.2, 0.25) is 0 Å². The topological polar surface area (TPSA) is 46.2 Å². The lowest BCUT2D eigenvalue weighted by atomic mass is 9.75. The fraction of sp³-hybridized carbons (Fsp3) is 0.647. The van der Waals surface area contributed by atoms with E-state index in [2.05, 4.69) is 36.5 Å². The minimum Gasteiger partial charge on any atom is -0.314 e. The van der Waals surface area contributed by atoms with Gasteiger partial charge in [-0.05, 0) is 56.6 Å². The number of benzene rings is 1. The lowest BCUT2D eigenvalue weighted by molar-refractivity contribution is 0.271. The Labute approximate surface area is 128 Å². The third-order valence-corrected chi connectivity index (χ3v) is 6.74. The van der Waals surface area contributed by atoms with Gasteiger partial charge in [0, 0.05) is 6.04 Å². The molecule has 3 rings (SSSR count). The molecule has 1 aromatic rings. The van der Waals surface area contributed by atoms with Crippen molar-refractivity contribution in [1.82, 2.24) is 5.32 Å². The van der Waals surface area contributed by atoms with Gasteiger partial charge in [-0.25, -0.2) is 8.42 Å². The zero-order chi connectivity index (χ0) is 14.9. The number of rotatable bonds is 4. The second kappa shape index (κ2) is 6.09. The molecule has 1 N–H and O–H groups in total. The van der Waals surface area contributed by atoms with Crippen LogP contribution in [0.2, 0.25) is 0 Å². The molecular formula is C17H25NO2S. The number of aryl methyl sites for hydroxylation is 1. The highest BCUT2D eigenvalue weighted by Crippen LogP contribution is 2.37. The maximum atomic E-state index is 11.4. The summed E-state index contributed by atoms with van der Waals surface area (Å²) >= 11 is 0. The summed E-state index contributed by atoms with van der Waals surface area (Å²) in [7, 11) is -2.72. The van der Waals surface area contributed by atoms with Crippen LogP contribution in [0.15, 0.2) is 24.3 Å². The van der Waals surface area contributed by atoms with Crippen LogP contribution < -0.4 is 5.32 Å². The van der Waals surface area contributed by atoms with Crippen molar-refractivity contribution in [3.63, 3.8) is 0 Å². The van der Waals surface area contributed by atoms with Crippen molar-refractivity contribution in [3.8, 4) is 0 Å². The van der Waals surface area contributed by atoms with E-state index in [9.17, 15) is 8.42 Å². The van der Waals surface area contributed by atoms with Crippen LogP contribution in [-0.4, -0.2) is 32.5 Å². The summed E-state index contributed by atoms with van der Waals surface area (Å²) in [6.45, 7) is 3.13. The predicted octanol–water partition coefficient (Wildman–Crippen LogP) is 2.66. The van der Waals surface area contributed by atoms with Crippen LogP contribution >= 0.6 is 0 Å².